The Kier molecular flexibility index (Phi) is 4.65. The number of hydrogen-bond acceptors (Lipinski definition) is 8. The lowest BCUT2D eigenvalue weighted by Crippen LogP contribution is -2.36. The lowest BCUT2D eigenvalue weighted by atomic mass is 10.1. The van der Waals surface area contributed by atoms with Crippen molar-refractivity contribution in [1.29, 1.82) is 10.5 Å². The molecule has 2 N–H and O–H groups in total. The van der Waals surface area contributed by atoms with E-state index in [2.05, 4.69) is 36.9 Å². The van der Waals surface area contributed by atoms with Gasteiger partial charge in [0.15, 0.2) is 0 Å². The number of morpholine rings is 1. The number of nitrogens with one attached hydrogen (secondary N) is 2. The molecule has 0 unspecified atom stereocenters. The molecule has 9 nitrogen and oxygen atoms in total. The summed E-state index contributed by atoms with van der Waals surface area (Å²) < 4.78 is 5.34. The van der Waals surface area contributed by atoms with Crippen molar-refractivity contribution in [1.82, 2.24) is 20.6 Å². The molecule has 2 aromatic rings. The number of H-pyrrole nitrogens is 1. The Balaban J connectivity index is 1.80. The lowest BCUT2D eigenvalue weighted by molar-refractivity contribution is 0.122. The number of allylic oxidation sites excluding steroid dienone is 1. The van der Waals surface area contributed by atoms with Gasteiger partial charge in [0, 0.05) is 25.0 Å². The second kappa shape index (κ2) is 7.22. The van der Waals surface area contributed by atoms with Gasteiger partial charge in [-0.15, -0.1) is 10.2 Å². The number of aromatic nitrogens is 4. The summed E-state index contributed by atoms with van der Waals surface area (Å²) in [6, 6.07) is 9.69. The van der Waals surface area contributed by atoms with Crippen molar-refractivity contribution < 1.29 is 4.74 Å². The minimum atomic E-state index is 0.204. The van der Waals surface area contributed by atoms with Crippen LogP contribution in [0.4, 0.5) is 11.4 Å². The number of hydrogen-bond donors (Lipinski definition) is 2. The minimum absolute atomic E-state index is 0.204. The first-order valence-corrected chi connectivity index (χ1v) is 7.29. The third-order valence-corrected chi connectivity index (χ3v) is 3.56. The fourth-order valence-corrected chi connectivity index (χ4v) is 2.37. The van der Waals surface area contributed by atoms with Crippen molar-refractivity contribution >= 4 is 16.9 Å². The van der Waals surface area contributed by atoms with E-state index in [1.807, 2.05) is 18.2 Å². The number of rotatable bonds is 4. The topological polar surface area (TPSA) is 127 Å². The van der Waals surface area contributed by atoms with E-state index in [1.54, 1.807) is 6.07 Å². The van der Waals surface area contributed by atoms with Crippen LogP contribution in [0, 0.1) is 22.7 Å². The van der Waals surface area contributed by atoms with Crippen LogP contribution in [0.5, 0.6) is 0 Å². The van der Waals surface area contributed by atoms with Gasteiger partial charge in [-0.1, -0.05) is 0 Å². The molecule has 2 heterocycles. The summed E-state index contributed by atoms with van der Waals surface area (Å²) >= 11 is 0. The molecule has 1 aliphatic rings. The summed E-state index contributed by atoms with van der Waals surface area (Å²) in [7, 11) is 0. The Labute approximate surface area is 138 Å². The highest BCUT2D eigenvalue weighted by molar-refractivity contribution is 5.75. The Hall–Kier alpha value is -3.43. The summed E-state index contributed by atoms with van der Waals surface area (Å²) in [6.07, 6.45) is 1.48. The highest BCUT2D eigenvalue weighted by atomic mass is 16.5. The maximum absolute atomic E-state index is 9.41. The second-order valence-electron chi connectivity index (χ2n) is 4.99. The molecule has 0 aliphatic carbocycles. The van der Waals surface area contributed by atoms with Crippen LogP contribution < -0.4 is 10.2 Å². The van der Waals surface area contributed by atoms with Gasteiger partial charge in [0.2, 0.25) is 5.82 Å². The predicted octanol–water partition coefficient (Wildman–Crippen LogP) is 0.885. The van der Waals surface area contributed by atoms with Crippen LogP contribution in [0.2, 0.25) is 0 Å². The minimum Gasteiger partial charge on any atom is -0.378 e. The van der Waals surface area contributed by atoms with E-state index in [4.69, 9.17) is 10.00 Å². The summed E-state index contributed by atoms with van der Waals surface area (Å²) in [5, 5.41) is 34.8. The van der Waals surface area contributed by atoms with Crippen molar-refractivity contribution in [2.45, 2.75) is 0 Å². The van der Waals surface area contributed by atoms with E-state index in [1.165, 1.54) is 6.20 Å². The molecule has 1 aromatic heterocycles. The Bertz CT molecular complexity index is 809. The van der Waals surface area contributed by atoms with E-state index in [9.17, 15) is 5.26 Å². The fraction of sp³-hybridized carbons (Fsp3) is 0.267. The largest absolute Gasteiger partial charge is 0.378 e. The summed E-state index contributed by atoms with van der Waals surface area (Å²) in [5.74, 6) is 0.204. The molecule has 24 heavy (non-hydrogen) atoms. The second-order valence-corrected chi connectivity index (χ2v) is 4.99. The lowest BCUT2D eigenvalue weighted by Gasteiger charge is -2.29. The normalized spacial score (nSPS) is 14.8. The third kappa shape index (κ3) is 3.32. The van der Waals surface area contributed by atoms with E-state index in [0.717, 1.165) is 18.8 Å². The molecular formula is C15H14N8O. The number of nitriles is 2. The van der Waals surface area contributed by atoms with Crippen LogP contribution in [0.1, 0.15) is 11.4 Å². The quantitative estimate of drug-likeness (QED) is 0.794. The zero-order chi connectivity index (χ0) is 16.8. The maximum atomic E-state index is 9.41. The van der Waals surface area contributed by atoms with Crippen LogP contribution in [-0.4, -0.2) is 46.9 Å². The smallest absolute Gasteiger partial charge is 0.216 e. The molecule has 0 spiro atoms. The highest BCUT2D eigenvalue weighted by Gasteiger charge is 2.15. The van der Waals surface area contributed by atoms with Crippen molar-refractivity contribution in [2.75, 3.05) is 36.5 Å². The summed E-state index contributed by atoms with van der Waals surface area (Å²) in [6.45, 7) is 2.84. The summed E-state index contributed by atoms with van der Waals surface area (Å²) in [4.78, 5) is 2.13. The van der Waals surface area contributed by atoms with Gasteiger partial charge >= 0.3 is 0 Å². The molecule has 0 amide bonds. The number of aromatic amines is 1. The zero-order valence-corrected chi connectivity index (χ0v) is 12.7. The highest BCUT2D eigenvalue weighted by Crippen LogP contribution is 2.25. The van der Waals surface area contributed by atoms with Gasteiger partial charge in [0.25, 0.3) is 0 Å². The summed E-state index contributed by atoms with van der Waals surface area (Å²) in [5.41, 5.74) is 2.38. The number of ether oxygens (including phenoxy) is 1. The van der Waals surface area contributed by atoms with E-state index in [0.29, 0.717) is 24.5 Å². The van der Waals surface area contributed by atoms with E-state index >= 15 is 0 Å². The van der Waals surface area contributed by atoms with E-state index in [-0.39, 0.29) is 11.4 Å². The molecule has 1 fully saturated rings. The molecule has 0 saturated carbocycles. The zero-order valence-electron chi connectivity index (χ0n) is 12.7. The maximum Gasteiger partial charge on any atom is 0.216 e. The van der Waals surface area contributed by atoms with Crippen molar-refractivity contribution in [3.05, 3.63) is 35.8 Å². The first-order valence-electron chi connectivity index (χ1n) is 7.29. The first kappa shape index (κ1) is 15.5. The van der Waals surface area contributed by atoms with Crippen molar-refractivity contribution in [3.8, 4) is 12.1 Å². The first-order chi connectivity index (χ1) is 11.8. The van der Waals surface area contributed by atoms with Crippen LogP contribution in [0.3, 0.4) is 0 Å². The molecule has 120 valence electrons. The molecule has 0 atom stereocenters. The average molecular weight is 322 g/mol. The molecular weight excluding hydrogens is 308 g/mol. The third-order valence-electron chi connectivity index (χ3n) is 3.56. The Morgan fingerprint density at radius 3 is 2.83 bits per heavy atom. The van der Waals surface area contributed by atoms with E-state index < -0.39 is 0 Å². The number of benzene rings is 1. The average Bonchev–Trinajstić information content (AvgIpc) is 3.17. The van der Waals surface area contributed by atoms with Gasteiger partial charge in [0.05, 0.1) is 24.5 Å². The number of tetrazole rings is 1. The molecule has 1 aromatic carbocycles. The molecule has 3 rings (SSSR count). The molecule has 0 bridgehead atoms. The molecule has 1 saturated heterocycles. The van der Waals surface area contributed by atoms with Crippen LogP contribution in [-0.2, 0) is 4.74 Å². The monoisotopic (exact) mass is 322 g/mol. The van der Waals surface area contributed by atoms with Gasteiger partial charge in [-0.3, -0.25) is 0 Å². The molecule has 0 radical (unpaired) electrons. The standard InChI is InChI=1S/C15H14N8O/c16-8-11-7-13(1-2-14(11)23-3-5-24-6-4-23)18-10-12(9-17)15-19-21-22-20-15/h1-2,7,10,18H,3-6H2,(H,19,20,21,22). The van der Waals surface area contributed by atoms with Gasteiger partial charge in [-0.05, 0) is 23.4 Å². The number of nitrogens with zero attached hydrogens (tertiary/aromatic N) is 6. The van der Waals surface area contributed by atoms with Gasteiger partial charge in [-0.2, -0.15) is 15.7 Å². The van der Waals surface area contributed by atoms with Gasteiger partial charge < -0.3 is 15.0 Å². The molecule has 1 aliphatic heterocycles. The fourth-order valence-electron chi connectivity index (χ4n) is 2.37. The predicted molar refractivity (Wildman–Crippen MR) is 85.6 cm³/mol. The van der Waals surface area contributed by atoms with Crippen molar-refractivity contribution in [3.63, 3.8) is 0 Å². The molecule has 9 heteroatoms. The van der Waals surface area contributed by atoms with Crippen LogP contribution in [0.15, 0.2) is 24.4 Å². The van der Waals surface area contributed by atoms with Gasteiger partial charge in [-0.25, -0.2) is 0 Å². The Morgan fingerprint density at radius 2 is 2.17 bits per heavy atom. The van der Waals surface area contributed by atoms with Gasteiger partial charge in [0.1, 0.15) is 17.7 Å². The Morgan fingerprint density at radius 1 is 1.33 bits per heavy atom. The number of anilines is 2. The van der Waals surface area contributed by atoms with Crippen LogP contribution in [0.25, 0.3) is 5.57 Å². The van der Waals surface area contributed by atoms with Crippen molar-refractivity contribution in [2.24, 2.45) is 0 Å². The SMILES string of the molecule is N#CC(=CNc1ccc(N2CCOCC2)c(C#N)c1)c1nn[nH]n1. The van der Waals surface area contributed by atoms with Crippen LogP contribution >= 0.6 is 0 Å².